The van der Waals surface area contributed by atoms with Crippen molar-refractivity contribution in [3.8, 4) is 10.7 Å². The normalized spacial score (nSPS) is 17.9. The molecule has 9 heteroatoms. The Morgan fingerprint density at radius 3 is 3.08 bits per heavy atom. The fraction of sp³-hybridized carbons (Fsp3) is 0.235. The molecule has 0 spiro atoms. The number of oxazole rings is 1. The highest BCUT2D eigenvalue weighted by atomic mass is 32.1. The molecule has 0 saturated carbocycles. The maximum atomic E-state index is 13.4. The summed E-state index contributed by atoms with van der Waals surface area (Å²) in [5, 5.41) is 6.01. The lowest BCUT2D eigenvalue weighted by Gasteiger charge is -2.31. The van der Waals surface area contributed by atoms with E-state index in [1.54, 1.807) is 17.4 Å². The number of halogens is 1. The van der Waals surface area contributed by atoms with Crippen LogP contribution in [-0.4, -0.2) is 34.9 Å². The highest BCUT2D eigenvalue weighted by Crippen LogP contribution is 2.32. The van der Waals surface area contributed by atoms with Crippen LogP contribution in [0.25, 0.3) is 21.8 Å². The van der Waals surface area contributed by atoms with E-state index in [1.165, 1.54) is 12.1 Å². The van der Waals surface area contributed by atoms with Crippen LogP contribution in [0.3, 0.4) is 0 Å². The van der Waals surface area contributed by atoms with E-state index in [2.05, 4.69) is 15.1 Å². The fourth-order valence-electron chi connectivity index (χ4n) is 2.92. The minimum Gasteiger partial charge on any atom is -0.423 e. The Labute approximate surface area is 151 Å². The lowest BCUT2D eigenvalue weighted by molar-refractivity contribution is 0.0811. The van der Waals surface area contributed by atoms with Gasteiger partial charge in [-0.1, -0.05) is 11.2 Å². The number of aromatic nitrogens is 3. The van der Waals surface area contributed by atoms with Gasteiger partial charge in [0.15, 0.2) is 5.58 Å². The molecule has 0 N–H and O–H groups in total. The van der Waals surface area contributed by atoms with Gasteiger partial charge in [-0.3, -0.25) is 0 Å². The predicted octanol–water partition coefficient (Wildman–Crippen LogP) is 3.66. The maximum absolute atomic E-state index is 13.4. The van der Waals surface area contributed by atoms with Crippen molar-refractivity contribution in [1.29, 1.82) is 0 Å². The molecule has 5 rings (SSSR count). The van der Waals surface area contributed by atoms with Crippen molar-refractivity contribution in [3.05, 3.63) is 47.4 Å². The van der Waals surface area contributed by atoms with Crippen LogP contribution in [0.5, 0.6) is 0 Å². The van der Waals surface area contributed by atoms with Crippen LogP contribution in [0.15, 0.2) is 44.7 Å². The first kappa shape index (κ1) is 15.5. The van der Waals surface area contributed by atoms with Gasteiger partial charge < -0.3 is 18.6 Å². The number of morpholine rings is 1. The highest BCUT2D eigenvalue weighted by molar-refractivity contribution is 7.13. The van der Waals surface area contributed by atoms with Gasteiger partial charge in [-0.2, -0.15) is 9.97 Å². The molecular weight excluding hydrogens is 359 g/mol. The molecule has 0 aliphatic carbocycles. The molecule has 4 heterocycles. The zero-order valence-electron chi connectivity index (χ0n) is 13.5. The molecule has 26 heavy (non-hydrogen) atoms. The van der Waals surface area contributed by atoms with Gasteiger partial charge in [-0.05, 0) is 23.6 Å². The summed E-state index contributed by atoms with van der Waals surface area (Å²) in [5.41, 5.74) is 0.992. The van der Waals surface area contributed by atoms with E-state index in [0.29, 0.717) is 48.6 Å². The van der Waals surface area contributed by atoms with Crippen molar-refractivity contribution in [3.63, 3.8) is 0 Å². The summed E-state index contributed by atoms with van der Waals surface area (Å²) in [7, 11) is 0. The molecule has 0 radical (unpaired) electrons. The molecule has 1 atom stereocenters. The molecule has 1 fully saturated rings. The van der Waals surface area contributed by atoms with E-state index < -0.39 is 0 Å². The molecule has 1 aliphatic rings. The summed E-state index contributed by atoms with van der Waals surface area (Å²) in [6, 6.07) is 8.20. The lowest BCUT2D eigenvalue weighted by Crippen LogP contribution is -2.40. The van der Waals surface area contributed by atoms with E-state index in [9.17, 15) is 4.39 Å². The number of anilines is 1. The van der Waals surface area contributed by atoms with Crippen LogP contribution in [0.4, 0.5) is 10.4 Å². The molecule has 3 aromatic heterocycles. The number of benzene rings is 1. The first-order valence-electron chi connectivity index (χ1n) is 8.06. The number of fused-ring (bicyclic) bond motifs is 1. The SMILES string of the molecule is Fc1ccc2oc(N3CCOC[C@H]3c3nc(-c4cccs4)no3)nc2c1. The van der Waals surface area contributed by atoms with Crippen molar-refractivity contribution in [1.82, 2.24) is 15.1 Å². The third-order valence-electron chi connectivity index (χ3n) is 4.18. The summed E-state index contributed by atoms with van der Waals surface area (Å²) < 4.78 is 30.3. The van der Waals surface area contributed by atoms with E-state index in [4.69, 9.17) is 13.7 Å². The zero-order valence-corrected chi connectivity index (χ0v) is 14.3. The van der Waals surface area contributed by atoms with Gasteiger partial charge in [-0.25, -0.2) is 4.39 Å². The molecule has 132 valence electrons. The van der Waals surface area contributed by atoms with Crippen LogP contribution in [0.2, 0.25) is 0 Å². The first-order chi connectivity index (χ1) is 12.8. The van der Waals surface area contributed by atoms with Crippen LogP contribution in [-0.2, 0) is 4.74 Å². The van der Waals surface area contributed by atoms with Crippen molar-refractivity contribution in [2.75, 3.05) is 24.7 Å². The van der Waals surface area contributed by atoms with Crippen LogP contribution >= 0.6 is 11.3 Å². The van der Waals surface area contributed by atoms with Crippen molar-refractivity contribution < 1.29 is 18.1 Å². The Balaban J connectivity index is 1.50. The van der Waals surface area contributed by atoms with Crippen LogP contribution in [0, 0.1) is 5.82 Å². The zero-order chi connectivity index (χ0) is 17.5. The standard InChI is InChI=1S/C17H13FN4O3S/c18-10-3-4-13-11(8-10)19-17(24-13)22-5-6-23-9-12(22)16-20-15(21-25-16)14-2-1-7-26-14/h1-4,7-8,12H,5-6,9H2/t12-/m0/s1. The second-order valence-corrected chi connectivity index (χ2v) is 6.77. The van der Waals surface area contributed by atoms with Gasteiger partial charge in [0.05, 0.1) is 18.1 Å². The molecule has 0 unspecified atom stereocenters. The largest absolute Gasteiger partial charge is 0.423 e. The van der Waals surface area contributed by atoms with Gasteiger partial charge in [-0.15, -0.1) is 11.3 Å². The molecular formula is C17H13FN4O3S. The van der Waals surface area contributed by atoms with E-state index in [-0.39, 0.29) is 11.9 Å². The van der Waals surface area contributed by atoms with Gasteiger partial charge in [0.25, 0.3) is 11.9 Å². The second-order valence-electron chi connectivity index (χ2n) is 5.83. The molecule has 1 aliphatic heterocycles. The Bertz CT molecular complexity index is 1050. The molecule has 1 aromatic carbocycles. The maximum Gasteiger partial charge on any atom is 0.299 e. The van der Waals surface area contributed by atoms with E-state index in [0.717, 1.165) is 4.88 Å². The summed E-state index contributed by atoms with van der Waals surface area (Å²) in [6.07, 6.45) is 0. The Hall–Kier alpha value is -2.78. The fourth-order valence-corrected chi connectivity index (χ4v) is 3.57. The van der Waals surface area contributed by atoms with Gasteiger partial charge in [0.2, 0.25) is 5.82 Å². The van der Waals surface area contributed by atoms with Gasteiger partial charge >= 0.3 is 0 Å². The van der Waals surface area contributed by atoms with Crippen molar-refractivity contribution >= 4 is 28.5 Å². The van der Waals surface area contributed by atoms with Gasteiger partial charge in [0, 0.05) is 12.6 Å². The Morgan fingerprint density at radius 1 is 1.23 bits per heavy atom. The number of rotatable bonds is 3. The molecule has 0 amide bonds. The number of nitrogens with zero attached hydrogens (tertiary/aromatic N) is 4. The molecule has 7 nitrogen and oxygen atoms in total. The lowest BCUT2D eigenvalue weighted by atomic mass is 10.2. The summed E-state index contributed by atoms with van der Waals surface area (Å²) >= 11 is 1.54. The average molecular weight is 372 g/mol. The van der Waals surface area contributed by atoms with Crippen molar-refractivity contribution in [2.24, 2.45) is 0 Å². The molecule has 0 bridgehead atoms. The summed E-state index contributed by atoms with van der Waals surface area (Å²) in [5.74, 6) is 0.620. The minimum absolute atomic E-state index is 0.317. The highest BCUT2D eigenvalue weighted by Gasteiger charge is 2.33. The summed E-state index contributed by atoms with van der Waals surface area (Å²) in [6.45, 7) is 1.45. The summed E-state index contributed by atoms with van der Waals surface area (Å²) in [4.78, 5) is 11.7. The van der Waals surface area contributed by atoms with E-state index in [1.807, 2.05) is 22.4 Å². The van der Waals surface area contributed by atoms with Crippen LogP contribution < -0.4 is 4.90 Å². The number of ether oxygens (including phenoxy) is 1. The molecule has 1 saturated heterocycles. The predicted molar refractivity (Wildman–Crippen MR) is 92.5 cm³/mol. The Kier molecular flexibility index (Phi) is 3.68. The third kappa shape index (κ3) is 2.65. The second kappa shape index (κ2) is 6.19. The topological polar surface area (TPSA) is 77.4 Å². The van der Waals surface area contributed by atoms with E-state index >= 15 is 0 Å². The quantitative estimate of drug-likeness (QED) is 0.543. The number of thiophene rings is 1. The first-order valence-corrected chi connectivity index (χ1v) is 8.94. The number of hydrogen-bond donors (Lipinski definition) is 0. The minimum atomic E-state index is -0.353. The van der Waals surface area contributed by atoms with Crippen LogP contribution in [0.1, 0.15) is 11.9 Å². The Morgan fingerprint density at radius 2 is 2.19 bits per heavy atom. The van der Waals surface area contributed by atoms with Crippen molar-refractivity contribution in [2.45, 2.75) is 6.04 Å². The average Bonchev–Trinajstić information content (AvgIpc) is 3.40. The third-order valence-corrected chi connectivity index (χ3v) is 5.05. The van der Waals surface area contributed by atoms with Gasteiger partial charge in [0.1, 0.15) is 17.4 Å². The number of hydrogen-bond acceptors (Lipinski definition) is 8. The molecule has 4 aromatic rings. The monoisotopic (exact) mass is 372 g/mol. The smallest absolute Gasteiger partial charge is 0.299 e.